The minimum atomic E-state index is -0.388. The van der Waals surface area contributed by atoms with Crippen LogP contribution in [-0.2, 0) is 11.3 Å². The first-order valence-electron chi connectivity index (χ1n) is 5.96. The lowest BCUT2D eigenvalue weighted by Crippen LogP contribution is -2.40. The Hall–Kier alpha value is -1.49. The van der Waals surface area contributed by atoms with Gasteiger partial charge < -0.3 is 11.1 Å². The molecule has 3 N–H and O–H groups in total. The van der Waals surface area contributed by atoms with E-state index in [0.717, 1.165) is 17.8 Å². The molecule has 1 atom stereocenters. The lowest BCUT2D eigenvalue weighted by molar-refractivity contribution is -0.122. The Balaban J connectivity index is 1.76. The summed E-state index contributed by atoms with van der Waals surface area (Å²) in [6.45, 7) is 2.27. The van der Waals surface area contributed by atoms with E-state index < -0.39 is 0 Å². The molecule has 0 aliphatic heterocycles. The molecule has 0 aromatic carbocycles. The molecule has 1 saturated carbocycles. The minimum Gasteiger partial charge on any atom is -0.349 e. The van der Waals surface area contributed by atoms with Gasteiger partial charge in [0.05, 0.1) is 30.2 Å². The first-order chi connectivity index (χ1) is 8.15. The monoisotopic (exact) mass is 234 g/mol. The maximum atomic E-state index is 11.7. The zero-order valence-corrected chi connectivity index (χ0v) is 10.0. The number of carbonyl (C=O) groups excluding carboxylic acids is 1. The number of hydrogen-bond acceptors (Lipinski definition) is 4. The predicted octanol–water partition coefficient (Wildman–Crippen LogP) is 0.529. The first kappa shape index (κ1) is 12.0. The van der Waals surface area contributed by atoms with E-state index in [1.807, 2.05) is 6.92 Å². The smallest absolute Gasteiger partial charge is 0.237 e. The van der Waals surface area contributed by atoms with Crippen molar-refractivity contribution in [3.8, 4) is 0 Å². The number of carbonyl (C=O) groups is 1. The van der Waals surface area contributed by atoms with Gasteiger partial charge in [-0.15, -0.1) is 0 Å². The van der Waals surface area contributed by atoms with Crippen LogP contribution >= 0.6 is 0 Å². The highest BCUT2D eigenvalue weighted by molar-refractivity contribution is 5.81. The molecular weight excluding hydrogens is 216 g/mol. The van der Waals surface area contributed by atoms with Crippen LogP contribution in [0.4, 0.5) is 0 Å². The van der Waals surface area contributed by atoms with Gasteiger partial charge in [0.15, 0.2) is 0 Å². The summed E-state index contributed by atoms with van der Waals surface area (Å²) < 4.78 is 0. The highest BCUT2D eigenvalue weighted by Crippen LogP contribution is 2.33. The Kier molecular flexibility index (Phi) is 3.68. The normalized spacial score (nSPS) is 16.6. The summed E-state index contributed by atoms with van der Waals surface area (Å²) in [4.78, 5) is 19.9. The Morgan fingerprint density at radius 3 is 2.88 bits per heavy atom. The van der Waals surface area contributed by atoms with Crippen molar-refractivity contribution in [3.63, 3.8) is 0 Å². The molecule has 1 fully saturated rings. The van der Waals surface area contributed by atoms with E-state index in [2.05, 4.69) is 15.3 Å². The van der Waals surface area contributed by atoms with Crippen molar-refractivity contribution in [3.05, 3.63) is 23.8 Å². The maximum Gasteiger partial charge on any atom is 0.237 e. The van der Waals surface area contributed by atoms with Crippen LogP contribution in [0.25, 0.3) is 0 Å². The fourth-order valence-electron chi connectivity index (χ4n) is 1.64. The van der Waals surface area contributed by atoms with E-state index in [9.17, 15) is 4.79 Å². The van der Waals surface area contributed by atoms with Crippen molar-refractivity contribution in [2.45, 2.75) is 38.8 Å². The van der Waals surface area contributed by atoms with Crippen molar-refractivity contribution in [2.75, 3.05) is 0 Å². The highest BCUT2D eigenvalue weighted by atomic mass is 16.2. The fraction of sp³-hybridized carbons (Fsp3) is 0.583. The molecule has 2 rings (SSSR count). The lowest BCUT2D eigenvalue weighted by Gasteiger charge is -2.11. The average molecular weight is 234 g/mol. The second kappa shape index (κ2) is 5.23. The molecule has 1 aliphatic rings. The van der Waals surface area contributed by atoms with Gasteiger partial charge in [-0.25, -0.2) is 0 Å². The SMILES string of the molecule is Cc1cnc(CNC(=O)C(N)CC2CC2)cn1. The second-order valence-electron chi connectivity index (χ2n) is 4.65. The number of amides is 1. The van der Waals surface area contributed by atoms with Crippen LogP contribution in [0.3, 0.4) is 0 Å². The number of aromatic nitrogens is 2. The number of rotatable bonds is 5. The number of hydrogen-bond donors (Lipinski definition) is 2. The standard InChI is InChI=1S/C12H18N4O/c1-8-5-15-10(6-14-8)7-16-12(17)11(13)4-9-2-3-9/h5-6,9,11H,2-4,7,13H2,1H3,(H,16,17). The summed E-state index contributed by atoms with van der Waals surface area (Å²) in [6, 6.07) is -0.388. The van der Waals surface area contributed by atoms with Gasteiger partial charge in [0.1, 0.15) is 0 Å². The van der Waals surface area contributed by atoms with Crippen LogP contribution in [0.2, 0.25) is 0 Å². The third-order valence-electron chi connectivity index (χ3n) is 2.90. The van der Waals surface area contributed by atoms with Gasteiger partial charge in [0, 0.05) is 6.20 Å². The molecule has 1 aliphatic carbocycles. The molecule has 1 amide bonds. The quantitative estimate of drug-likeness (QED) is 0.778. The van der Waals surface area contributed by atoms with Crippen LogP contribution in [-0.4, -0.2) is 21.9 Å². The van der Waals surface area contributed by atoms with Crippen molar-refractivity contribution in [1.29, 1.82) is 0 Å². The van der Waals surface area contributed by atoms with E-state index in [-0.39, 0.29) is 11.9 Å². The summed E-state index contributed by atoms with van der Waals surface area (Å²) in [6.07, 6.45) is 6.58. The Bertz CT molecular complexity index is 386. The van der Waals surface area contributed by atoms with Crippen LogP contribution in [0.1, 0.15) is 30.7 Å². The fourth-order valence-corrected chi connectivity index (χ4v) is 1.64. The van der Waals surface area contributed by atoms with Crippen molar-refractivity contribution < 1.29 is 4.79 Å². The summed E-state index contributed by atoms with van der Waals surface area (Å²) >= 11 is 0. The van der Waals surface area contributed by atoms with Crippen LogP contribution < -0.4 is 11.1 Å². The number of nitrogens with zero attached hydrogens (tertiary/aromatic N) is 2. The molecule has 1 aromatic rings. The number of nitrogens with one attached hydrogen (secondary N) is 1. The Labute approximate surface area is 101 Å². The third kappa shape index (κ3) is 3.78. The van der Waals surface area contributed by atoms with Crippen molar-refractivity contribution in [1.82, 2.24) is 15.3 Å². The highest BCUT2D eigenvalue weighted by Gasteiger charge is 2.26. The van der Waals surface area contributed by atoms with E-state index in [1.165, 1.54) is 12.8 Å². The molecule has 0 radical (unpaired) electrons. The first-order valence-corrected chi connectivity index (χ1v) is 5.96. The van der Waals surface area contributed by atoms with E-state index in [1.54, 1.807) is 12.4 Å². The zero-order valence-electron chi connectivity index (χ0n) is 10.0. The topological polar surface area (TPSA) is 80.9 Å². The number of aryl methyl sites for hydroxylation is 1. The summed E-state index contributed by atoms with van der Waals surface area (Å²) in [5, 5.41) is 2.78. The van der Waals surface area contributed by atoms with Crippen molar-refractivity contribution >= 4 is 5.91 Å². The average Bonchev–Trinajstić information content (AvgIpc) is 3.11. The molecule has 5 heteroatoms. The molecule has 0 spiro atoms. The maximum absolute atomic E-state index is 11.7. The Morgan fingerprint density at radius 1 is 1.53 bits per heavy atom. The predicted molar refractivity (Wildman–Crippen MR) is 63.9 cm³/mol. The second-order valence-corrected chi connectivity index (χ2v) is 4.65. The van der Waals surface area contributed by atoms with Gasteiger partial charge in [0.25, 0.3) is 0 Å². The molecule has 1 unspecified atom stereocenters. The Morgan fingerprint density at radius 2 is 2.29 bits per heavy atom. The van der Waals surface area contributed by atoms with E-state index in [4.69, 9.17) is 5.73 Å². The molecule has 1 aromatic heterocycles. The van der Waals surface area contributed by atoms with Gasteiger partial charge >= 0.3 is 0 Å². The van der Waals surface area contributed by atoms with Gasteiger partial charge in [-0.3, -0.25) is 14.8 Å². The van der Waals surface area contributed by atoms with Gasteiger partial charge in [0.2, 0.25) is 5.91 Å². The molecule has 0 bridgehead atoms. The van der Waals surface area contributed by atoms with E-state index >= 15 is 0 Å². The van der Waals surface area contributed by atoms with E-state index in [0.29, 0.717) is 12.5 Å². The number of nitrogens with two attached hydrogens (primary N) is 1. The molecule has 1 heterocycles. The largest absolute Gasteiger partial charge is 0.349 e. The van der Waals surface area contributed by atoms with Gasteiger partial charge in [-0.05, 0) is 19.3 Å². The summed E-state index contributed by atoms with van der Waals surface area (Å²) in [5.41, 5.74) is 7.42. The van der Waals surface area contributed by atoms with Crippen LogP contribution in [0, 0.1) is 12.8 Å². The van der Waals surface area contributed by atoms with Gasteiger partial charge in [-0.2, -0.15) is 0 Å². The zero-order chi connectivity index (χ0) is 12.3. The molecule has 5 nitrogen and oxygen atoms in total. The molecule has 92 valence electrons. The summed E-state index contributed by atoms with van der Waals surface area (Å²) in [5.74, 6) is 0.564. The molecule has 0 saturated heterocycles. The van der Waals surface area contributed by atoms with Crippen LogP contribution in [0.5, 0.6) is 0 Å². The van der Waals surface area contributed by atoms with Crippen molar-refractivity contribution in [2.24, 2.45) is 11.7 Å². The van der Waals surface area contributed by atoms with Crippen LogP contribution in [0.15, 0.2) is 12.4 Å². The third-order valence-corrected chi connectivity index (χ3v) is 2.90. The molecule has 17 heavy (non-hydrogen) atoms. The minimum absolute atomic E-state index is 0.0979. The van der Waals surface area contributed by atoms with Gasteiger partial charge in [-0.1, -0.05) is 12.8 Å². The molecular formula is C12H18N4O. The lowest BCUT2D eigenvalue weighted by atomic mass is 10.1. The summed E-state index contributed by atoms with van der Waals surface area (Å²) in [7, 11) is 0.